The van der Waals surface area contributed by atoms with Gasteiger partial charge in [0, 0.05) is 0 Å². The summed E-state index contributed by atoms with van der Waals surface area (Å²) in [6.07, 6.45) is 3.09. The minimum atomic E-state index is -4.19. The van der Waals surface area contributed by atoms with Crippen LogP contribution in [-0.4, -0.2) is 41.3 Å². The van der Waals surface area contributed by atoms with Gasteiger partial charge in [0.1, 0.15) is 18.2 Å². The lowest BCUT2D eigenvalue weighted by Gasteiger charge is -2.19. The van der Waals surface area contributed by atoms with Crippen molar-refractivity contribution in [2.75, 3.05) is 12.1 Å². The van der Waals surface area contributed by atoms with Crippen LogP contribution in [0.5, 0.6) is 0 Å². The number of nitrogen functional groups attached to an aromatic ring is 1. The summed E-state index contributed by atoms with van der Waals surface area (Å²) in [6.45, 7) is 2.39. The molecule has 2 unspecified atom stereocenters. The summed E-state index contributed by atoms with van der Waals surface area (Å²) in [5.74, 6) is 0.508. The van der Waals surface area contributed by atoms with E-state index >= 15 is 0 Å². The molecule has 0 radical (unpaired) electrons. The molecule has 0 spiro atoms. The van der Waals surface area contributed by atoms with Gasteiger partial charge in [0.05, 0.1) is 18.5 Å². The Kier molecular flexibility index (Phi) is 3.25. The number of nitrogens with two attached hydrogens (primary N) is 1. The number of hydrogen-bond donors (Lipinski definition) is 3. The summed E-state index contributed by atoms with van der Waals surface area (Å²) in [5, 5.41) is 0. The van der Waals surface area contributed by atoms with Crippen LogP contribution >= 0.6 is 7.60 Å². The Labute approximate surface area is 120 Å². The molecular weight excluding hydrogens is 297 g/mol. The van der Waals surface area contributed by atoms with Crippen LogP contribution in [0, 0.1) is 5.92 Å². The Balaban J connectivity index is 1.84. The van der Waals surface area contributed by atoms with Crippen LogP contribution in [0.1, 0.15) is 13.3 Å². The van der Waals surface area contributed by atoms with Crippen molar-refractivity contribution in [3.63, 3.8) is 0 Å². The van der Waals surface area contributed by atoms with Crippen molar-refractivity contribution in [1.29, 1.82) is 0 Å². The first-order valence-corrected chi connectivity index (χ1v) is 8.20. The van der Waals surface area contributed by atoms with E-state index in [0.29, 0.717) is 23.5 Å². The van der Waals surface area contributed by atoms with Gasteiger partial charge in [-0.15, -0.1) is 0 Å². The second-order valence-electron chi connectivity index (χ2n) is 5.41. The summed E-state index contributed by atoms with van der Waals surface area (Å²) < 4.78 is 18.2. The van der Waals surface area contributed by atoms with Crippen LogP contribution in [0.2, 0.25) is 0 Å². The fourth-order valence-electron chi connectivity index (χ4n) is 2.44. The highest BCUT2D eigenvalue weighted by atomic mass is 31.2. The maximum absolute atomic E-state index is 11.0. The zero-order chi connectivity index (χ0) is 15.3. The van der Waals surface area contributed by atoms with Crippen LogP contribution in [0.3, 0.4) is 0 Å². The van der Waals surface area contributed by atoms with Crippen molar-refractivity contribution in [1.82, 2.24) is 19.5 Å². The highest BCUT2D eigenvalue weighted by Gasteiger charge is 2.53. The van der Waals surface area contributed by atoms with Gasteiger partial charge in [-0.05, 0) is 12.3 Å². The Bertz CT molecular complexity index is 728. The molecule has 1 aliphatic carbocycles. The Morgan fingerprint density at radius 3 is 2.86 bits per heavy atom. The van der Waals surface area contributed by atoms with Crippen LogP contribution in [0.15, 0.2) is 12.7 Å². The number of hydrogen-bond acceptors (Lipinski definition) is 6. The highest BCUT2D eigenvalue weighted by Crippen LogP contribution is 2.50. The number of nitrogens with zero attached hydrogens (tertiary/aromatic N) is 4. The Morgan fingerprint density at radius 2 is 2.24 bits per heavy atom. The number of anilines is 1. The molecule has 2 heterocycles. The van der Waals surface area contributed by atoms with Crippen LogP contribution in [0.4, 0.5) is 5.82 Å². The third kappa shape index (κ3) is 2.77. The molecule has 2 atom stereocenters. The normalized spacial score (nSPS) is 25.4. The van der Waals surface area contributed by atoms with Crippen molar-refractivity contribution < 1.29 is 19.1 Å². The van der Waals surface area contributed by atoms with E-state index in [2.05, 4.69) is 15.0 Å². The van der Waals surface area contributed by atoms with E-state index in [0.717, 1.165) is 6.42 Å². The third-order valence-electron chi connectivity index (χ3n) is 3.78. The summed E-state index contributed by atoms with van der Waals surface area (Å²) >= 11 is 0. The number of ether oxygens (including phenoxy) is 1. The smallest absolute Gasteiger partial charge is 0.351 e. The number of aromatic nitrogens is 4. The van der Waals surface area contributed by atoms with E-state index in [9.17, 15) is 4.57 Å². The largest absolute Gasteiger partial charge is 0.382 e. The first-order valence-electron chi connectivity index (χ1n) is 6.41. The summed E-state index contributed by atoms with van der Waals surface area (Å²) in [5.41, 5.74) is 6.24. The molecule has 0 amide bonds. The van der Waals surface area contributed by atoms with E-state index in [1.807, 2.05) is 6.92 Å². The van der Waals surface area contributed by atoms with Gasteiger partial charge < -0.3 is 24.8 Å². The summed E-state index contributed by atoms with van der Waals surface area (Å²) in [7, 11) is -4.19. The average Bonchev–Trinajstić information content (AvgIpc) is 2.83. The molecule has 0 aliphatic heterocycles. The Morgan fingerprint density at radius 1 is 1.52 bits per heavy atom. The predicted molar refractivity (Wildman–Crippen MR) is 74.2 cm³/mol. The van der Waals surface area contributed by atoms with E-state index in [1.54, 1.807) is 10.9 Å². The quantitative estimate of drug-likeness (QED) is 0.672. The van der Waals surface area contributed by atoms with Crippen molar-refractivity contribution in [3.8, 4) is 0 Å². The Hall–Kier alpha value is -1.54. The van der Waals surface area contributed by atoms with E-state index in [-0.39, 0.29) is 5.92 Å². The van der Waals surface area contributed by atoms with Gasteiger partial charge in [-0.2, -0.15) is 0 Å². The number of rotatable bonds is 5. The molecule has 9 nitrogen and oxygen atoms in total. The molecule has 21 heavy (non-hydrogen) atoms. The van der Waals surface area contributed by atoms with E-state index in [4.69, 9.17) is 20.3 Å². The summed E-state index contributed by atoms with van der Waals surface area (Å²) in [4.78, 5) is 30.1. The van der Waals surface area contributed by atoms with Gasteiger partial charge in [-0.25, -0.2) is 15.0 Å². The molecule has 1 saturated carbocycles. The molecule has 0 aromatic carbocycles. The SMILES string of the molecule is CC1CC1(Cn1cnc2c(N)ncnc21)OCP(=O)(O)O. The maximum Gasteiger partial charge on any atom is 0.351 e. The topological polar surface area (TPSA) is 136 Å². The molecule has 2 aromatic heterocycles. The van der Waals surface area contributed by atoms with Gasteiger partial charge in [-0.3, -0.25) is 4.57 Å². The monoisotopic (exact) mass is 313 g/mol. The van der Waals surface area contributed by atoms with E-state index in [1.165, 1.54) is 6.33 Å². The molecule has 10 heteroatoms. The molecule has 1 aliphatic rings. The molecule has 0 bridgehead atoms. The van der Waals surface area contributed by atoms with Crippen LogP contribution < -0.4 is 5.73 Å². The van der Waals surface area contributed by atoms with Crippen molar-refractivity contribution in [2.24, 2.45) is 5.92 Å². The lowest BCUT2D eigenvalue weighted by Crippen LogP contribution is -2.24. The first kappa shape index (κ1) is 14.4. The van der Waals surface area contributed by atoms with Gasteiger partial charge in [0.15, 0.2) is 11.5 Å². The highest BCUT2D eigenvalue weighted by molar-refractivity contribution is 7.51. The van der Waals surface area contributed by atoms with Crippen molar-refractivity contribution in [2.45, 2.75) is 25.5 Å². The molecule has 114 valence electrons. The minimum absolute atomic E-state index is 0.209. The van der Waals surface area contributed by atoms with Crippen molar-refractivity contribution >= 4 is 24.6 Å². The number of imidazole rings is 1. The van der Waals surface area contributed by atoms with Gasteiger partial charge in [-0.1, -0.05) is 6.92 Å². The lowest BCUT2D eigenvalue weighted by molar-refractivity contribution is 0.0306. The third-order valence-corrected chi connectivity index (χ3v) is 4.24. The zero-order valence-corrected chi connectivity index (χ0v) is 12.3. The van der Waals surface area contributed by atoms with Crippen LogP contribution in [-0.2, 0) is 15.8 Å². The van der Waals surface area contributed by atoms with Gasteiger partial charge in [0.25, 0.3) is 0 Å². The van der Waals surface area contributed by atoms with Crippen LogP contribution in [0.25, 0.3) is 11.2 Å². The fourth-order valence-corrected chi connectivity index (χ4v) is 2.87. The predicted octanol–water partition coefficient (Wildman–Crippen LogP) is 0.339. The second-order valence-corrected chi connectivity index (χ2v) is 7.00. The standard InChI is InChI=1S/C11H16N5O4P/c1-7-2-11(7,20-6-21(17,18)19)3-16-5-15-8-9(12)13-4-14-10(8)16/h4-5,7H,2-3,6H2,1H3,(H2,12,13,14)(H2,17,18,19). The molecule has 4 N–H and O–H groups in total. The molecule has 2 aromatic rings. The van der Waals surface area contributed by atoms with Gasteiger partial charge in [0.2, 0.25) is 0 Å². The van der Waals surface area contributed by atoms with Crippen molar-refractivity contribution in [3.05, 3.63) is 12.7 Å². The summed E-state index contributed by atoms with van der Waals surface area (Å²) in [6, 6.07) is 0. The minimum Gasteiger partial charge on any atom is -0.382 e. The second kappa shape index (κ2) is 4.74. The van der Waals surface area contributed by atoms with E-state index < -0.39 is 19.5 Å². The molecule has 0 saturated heterocycles. The zero-order valence-electron chi connectivity index (χ0n) is 11.4. The molecule has 3 rings (SSSR count). The fraction of sp³-hybridized carbons (Fsp3) is 0.545. The average molecular weight is 313 g/mol. The van der Waals surface area contributed by atoms with Gasteiger partial charge >= 0.3 is 7.60 Å². The molecular formula is C11H16N5O4P. The first-order chi connectivity index (χ1) is 9.81. The lowest BCUT2D eigenvalue weighted by atomic mass is 10.2. The molecule has 1 fully saturated rings. The number of fused-ring (bicyclic) bond motifs is 1. The maximum atomic E-state index is 11.0.